The molecule has 3 nitrogen and oxygen atoms in total. The van der Waals surface area contributed by atoms with Crippen molar-refractivity contribution in [3.05, 3.63) is 12.4 Å². The SMILES string of the molecule is CCC(C)CNc1nccn1C. The molecule has 1 atom stereocenters. The fourth-order valence-electron chi connectivity index (χ4n) is 0.946. The van der Waals surface area contributed by atoms with Crippen LogP contribution in [-0.4, -0.2) is 16.1 Å². The predicted octanol–water partition coefficient (Wildman–Crippen LogP) is 1.88. The van der Waals surface area contributed by atoms with E-state index in [1.165, 1.54) is 6.42 Å². The Morgan fingerprint density at radius 2 is 2.42 bits per heavy atom. The van der Waals surface area contributed by atoms with Gasteiger partial charge in [-0.1, -0.05) is 20.3 Å². The van der Waals surface area contributed by atoms with Crippen LogP contribution in [0.25, 0.3) is 0 Å². The van der Waals surface area contributed by atoms with Crippen molar-refractivity contribution >= 4 is 5.95 Å². The highest BCUT2D eigenvalue weighted by Crippen LogP contribution is 2.04. The van der Waals surface area contributed by atoms with Gasteiger partial charge in [-0.2, -0.15) is 0 Å². The van der Waals surface area contributed by atoms with E-state index >= 15 is 0 Å². The van der Waals surface area contributed by atoms with E-state index in [1.807, 2.05) is 17.8 Å². The fraction of sp³-hybridized carbons (Fsp3) is 0.667. The van der Waals surface area contributed by atoms with Crippen molar-refractivity contribution in [1.29, 1.82) is 0 Å². The zero-order valence-electron chi connectivity index (χ0n) is 8.04. The predicted molar refractivity (Wildman–Crippen MR) is 51.2 cm³/mol. The summed E-state index contributed by atoms with van der Waals surface area (Å²) in [4.78, 5) is 4.17. The maximum atomic E-state index is 4.17. The van der Waals surface area contributed by atoms with Gasteiger partial charge in [-0.05, 0) is 5.92 Å². The lowest BCUT2D eigenvalue weighted by molar-refractivity contribution is 0.589. The Kier molecular flexibility index (Phi) is 3.14. The minimum absolute atomic E-state index is 0.710. The summed E-state index contributed by atoms with van der Waals surface area (Å²) in [5.41, 5.74) is 0. The summed E-state index contributed by atoms with van der Waals surface area (Å²) in [5, 5.41) is 3.30. The molecule has 1 rings (SSSR count). The molecule has 0 spiro atoms. The Hall–Kier alpha value is -0.990. The molecular weight excluding hydrogens is 150 g/mol. The van der Waals surface area contributed by atoms with E-state index in [0.717, 1.165) is 12.5 Å². The molecule has 1 unspecified atom stereocenters. The van der Waals surface area contributed by atoms with Crippen molar-refractivity contribution < 1.29 is 0 Å². The van der Waals surface area contributed by atoms with Crippen LogP contribution in [0.4, 0.5) is 5.95 Å². The van der Waals surface area contributed by atoms with Crippen LogP contribution in [0.3, 0.4) is 0 Å². The van der Waals surface area contributed by atoms with Crippen LogP contribution >= 0.6 is 0 Å². The molecule has 0 fully saturated rings. The molecule has 1 aromatic rings. The number of hydrogen-bond acceptors (Lipinski definition) is 2. The molecule has 0 saturated heterocycles. The Balaban J connectivity index is 2.38. The van der Waals surface area contributed by atoms with E-state index in [9.17, 15) is 0 Å². The monoisotopic (exact) mass is 167 g/mol. The van der Waals surface area contributed by atoms with Gasteiger partial charge < -0.3 is 9.88 Å². The van der Waals surface area contributed by atoms with Gasteiger partial charge in [-0.25, -0.2) is 4.98 Å². The molecule has 68 valence electrons. The Bertz CT molecular complexity index is 229. The normalized spacial score (nSPS) is 12.9. The highest BCUT2D eigenvalue weighted by molar-refractivity contribution is 5.24. The standard InChI is InChI=1S/C9H17N3/c1-4-8(2)7-11-9-10-5-6-12(9)3/h5-6,8H,4,7H2,1-3H3,(H,10,11). The second-order valence-electron chi connectivity index (χ2n) is 3.26. The topological polar surface area (TPSA) is 29.9 Å². The van der Waals surface area contributed by atoms with Crippen LogP contribution in [0.5, 0.6) is 0 Å². The molecule has 3 heteroatoms. The lowest BCUT2D eigenvalue weighted by Crippen LogP contribution is -2.12. The van der Waals surface area contributed by atoms with Crippen LogP contribution in [0.1, 0.15) is 20.3 Å². The van der Waals surface area contributed by atoms with E-state index in [1.54, 1.807) is 6.20 Å². The third kappa shape index (κ3) is 2.26. The molecule has 1 N–H and O–H groups in total. The van der Waals surface area contributed by atoms with E-state index < -0.39 is 0 Å². The molecule has 1 heterocycles. The van der Waals surface area contributed by atoms with Crippen molar-refractivity contribution in [2.24, 2.45) is 13.0 Å². The maximum Gasteiger partial charge on any atom is 0.202 e. The first-order chi connectivity index (χ1) is 5.74. The van der Waals surface area contributed by atoms with Gasteiger partial charge >= 0.3 is 0 Å². The Morgan fingerprint density at radius 3 is 2.92 bits per heavy atom. The van der Waals surface area contributed by atoms with Crippen molar-refractivity contribution in [3.63, 3.8) is 0 Å². The third-order valence-electron chi connectivity index (χ3n) is 2.13. The first kappa shape index (κ1) is 9.10. The minimum Gasteiger partial charge on any atom is -0.355 e. The van der Waals surface area contributed by atoms with Gasteiger partial charge in [-0.15, -0.1) is 0 Å². The average Bonchev–Trinajstić information content (AvgIpc) is 2.47. The van der Waals surface area contributed by atoms with Gasteiger partial charge in [0, 0.05) is 26.0 Å². The van der Waals surface area contributed by atoms with Gasteiger partial charge in [0.2, 0.25) is 5.95 Å². The molecule has 0 saturated carbocycles. The van der Waals surface area contributed by atoms with Crippen molar-refractivity contribution in [1.82, 2.24) is 9.55 Å². The molecule has 0 aliphatic rings. The van der Waals surface area contributed by atoms with E-state index in [-0.39, 0.29) is 0 Å². The zero-order chi connectivity index (χ0) is 8.97. The Morgan fingerprint density at radius 1 is 1.67 bits per heavy atom. The lowest BCUT2D eigenvalue weighted by Gasteiger charge is -2.10. The van der Waals surface area contributed by atoms with Gasteiger partial charge in [0.05, 0.1) is 0 Å². The Labute approximate surface area is 73.8 Å². The number of anilines is 1. The number of rotatable bonds is 4. The summed E-state index contributed by atoms with van der Waals surface area (Å²) in [6.07, 6.45) is 4.95. The molecule has 12 heavy (non-hydrogen) atoms. The highest BCUT2D eigenvalue weighted by atomic mass is 15.2. The fourth-order valence-corrected chi connectivity index (χ4v) is 0.946. The second kappa shape index (κ2) is 4.14. The van der Waals surface area contributed by atoms with Crippen LogP contribution in [0.2, 0.25) is 0 Å². The number of nitrogens with one attached hydrogen (secondary N) is 1. The second-order valence-corrected chi connectivity index (χ2v) is 3.26. The van der Waals surface area contributed by atoms with Crippen LogP contribution < -0.4 is 5.32 Å². The molecule has 0 aliphatic heterocycles. The molecular formula is C9H17N3. The summed E-state index contributed by atoms with van der Waals surface area (Å²) in [7, 11) is 1.99. The number of imidazole rings is 1. The lowest BCUT2D eigenvalue weighted by atomic mass is 10.1. The van der Waals surface area contributed by atoms with Gasteiger partial charge in [0.15, 0.2) is 0 Å². The smallest absolute Gasteiger partial charge is 0.202 e. The molecule has 0 radical (unpaired) electrons. The third-order valence-corrected chi connectivity index (χ3v) is 2.13. The summed E-state index contributed by atoms with van der Waals surface area (Å²) in [5.74, 6) is 1.66. The molecule has 0 amide bonds. The number of hydrogen-bond donors (Lipinski definition) is 1. The maximum absolute atomic E-state index is 4.17. The van der Waals surface area contributed by atoms with Gasteiger partial charge in [0.1, 0.15) is 0 Å². The number of aryl methyl sites for hydroxylation is 1. The quantitative estimate of drug-likeness (QED) is 0.742. The highest BCUT2D eigenvalue weighted by Gasteiger charge is 2.00. The van der Waals surface area contributed by atoms with Gasteiger partial charge in [-0.3, -0.25) is 0 Å². The summed E-state index contributed by atoms with van der Waals surface area (Å²) in [6.45, 7) is 5.43. The van der Waals surface area contributed by atoms with Crippen LogP contribution in [-0.2, 0) is 7.05 Å². The zero-order valence-corrected chi connectivity index (χ0v) is 8.04. The minimum atomic E-state index is 0.710. The van der Waals surface area contributed by atoms with Gasteiger partial charge in [0.25, 0.3) is 0 Å². The first-order valence-electron chi connectivity index (χ1n) is 4.45. The molecule has 1 aromatic heterocycles. The average molecular weight is 167 g/mol. The molecule has 0 aliphatic carbocycles. The van der Waals surface area contributed by atoms with E-state index in [0.29, 0.717) is 5.92 Å². The summed E-state index contributed by atoms with van der Waals surface area (Å²) < 4.78 is 1.99. The van der Waals surface area contributed by atoms with Crippen LogP contribution in [0, 0.1) is 5.92 Å². The first-order valence-corrected chi connectivity index (χ1v) is 4.45. The van der Waals surface area contributed by atoms with Crippen LogP contribution in [0.15, 0.2) is 12.4 Å². The van der Waals surface area contributed by atoms with Crippen molar-refractivity contribution in [2.75, 3.05) is 11.9 Å². The summed E-state index contributed by atoms with van der Waals surface area (Å²) in [6, 6.07) is 0. The van der Waals surface area contributed by atoms with E-state index in [2.05, 4.69) is 24.1 Å². The molecule has 0 aromatic carbocycles. The summed E-state index contributed by atoms with van der Waals surface area (Å²) >= 11 is 0. The van der Waals surface area contributed by atoms with E-state index in [4.69, 9.17) is 0 Å². The largest absolute Gasteiger partial charge is 0.355 e. The number of nitrogens with zero attached hydrogens (tertiary/aromatic N) is 2. The number of aromatic nitrogens is 2. The van der Waals surface area contributed by atoms with Crippen molar-refractivity contribution in [2.45, 2.75) is 20.3 Å². The van der Waals surface area contributed by atoms with Crippen molar-refractivity contribution in [3.8, 4) is 0 Å². The molecule has 0 bridgehead atoms.